The maximum atomic E-state index is 11.9. The molecule has 8 nitrogen and oxygen atoms in total. The first-order chi connectivity index (χ1) is 14.5. The Kier molecular flexibility index (Phi) is 19.4. The number of piperidine rings is 1. The summed E-state index contributed by atoms with van der Waals surface area (Å²) in [5.41, 5.74) is 0. The number of nitrogens with one attached hydrogen (secondary N) is 1. The van der Waals surface area contributed by atoms with Crippen molar-refractivity contribution in [3.05, 3.63) is 0 Å². The van der Waals surface area contributed by atoms with Gasteiger partial charge in [0.05, 0.1) is 20.2 Å². The van der Waals surface area contributed by atoms with E-state index in [2.05, 4.69) is 42.8 Å². The van der Waals surface area contributed by atoms with E-state index in [1.54, 1.807) is 19.0 Å². The van der Waals surface area contributed by atoms with Gasteiger partial charge in [0.2, 0.25) is 12.3 Å². The van der Waals surface area contributed by atoms with Crippen molar-refractivity contribution < 1.29 is 19.1 Å². The van der Waals surface area contributed by atoms with E-state index in [0.29, 0.717) is 13.0 Å². The molecule has 0 aliphatic carbocycles. The van der Waals surface area contributed by atoms with Crippen molar-refractivity contribution in [2.75, 3.05) is 61.0 Å². The zero-order valence-electron chi connectivity index (χ0n) is 21.4. The quantitative estimate of drug-likeness (QED) is 0.433. The Bertz CT molecular complexity index is 477. The molecule has 1 rings (SSSR count). The molecule has 1 saturated heterocycles. The fourth-order valence-electron chi connectivity index (χ4n) is 2.94. The zero-order valence-corrected chi connectivity index (χ0v) is 21.4. The van der Waals surface area contributed by atoms with Crippen LogP contribution in [0.25, 0.3) is 0 Å². The summed E-state index contributed by atoms with van der Waals surface area (Å²) in [4.78, 5) is 39.2. The fraction of sp³-hybridized carbons (Fsp3) is 0.870. The van der Waals surface area contributed by atoms with Crippen LogP contribution in [0.4, 0.5) is 0 Å². The summed E-state index contributed by atoms with van der Waals surface area (Å²) in [6.07, 6.45) is 4.77. The number of methoxy groups -OCH3 is 1. The largest absolute Gasteiger partial charge is 0.468 e. The molecule has 0 aromatic heterocycles. The van der Waals surface area contributed by atoms with Gasteiger partial charge in [-0.3, -0.25) is 19.3 Å². The number of esters is 1. The van der Waals surface area contributed by atoms with Crippen molar-refractivity contribution in [2.45, 2.75) is 59.9 Å². The van der Waals surface area contributed by atoms with Crippen LogP contribution in [-0.4, -0.2) is 100 Å². The lowest BCUT2D eigenvalue weighted by Crippen LogP contribution is -2.49. The van der Waals surface area contributed by atoms with Crippen LogP contribution in [0.2, 0.25) is 0 Å². The van der Waals surface area contributed by atoms with Crippen LogP contribution in [-0.2, 0) is 19.1 Å². The van der Waals surface area contributed by atoms with Crippen molar-refractivity contribution in [3.8, 4) is 0 Å². The van der Waals surface area contributed by atoms with E-state index in [1.807, 2.05) is 18.7 Å². The van der Waals surface area contributed by atoms with Crippen LogP contribution in [0, 0.1) is 11.8 Å². The van der Waals surface area contributed by atoms with Crippen LogP contribution in [0.15, 0.2) is 0 Å². The molecule has 2 amide bonds. The summed E-state index contributed by atoms with van der Waals surface area (Å²) in [6, 6.07) is -0.0504. The summed E-state index contributed by atoms with van der Waals surface area (Å²) in [7, 11) is 7.04. The highest BCUT2D eigenvalue weighted by atomic mass is 16.5. The molecule has 0 radical (unpaired) electrons. The average Bonchev–Trinajstić information content (AvgIpc) is 2.70. The van der Waals surface area contributed by atoms with Crippen LogP contribution >= 0.6 is 0 Å². The number of likely N-dealkylation sites (N-methyl/N-ethyl adjacent to an activating group) is 2. The van der Waals surface area contributed by atoms with Crippen LogP contribution in [0.1, 0.15) is 53.9 Å². The van der Waals surface area contributed by atoms with Crippen molar-refractivity contribution in [1.29, 1.82) is 0 Å². The fourth-order valence-corrected chi connectivity index (χ4v) is 2.94. The Hall–Kier alpha value is -1.67. The minimum atomic E-state index is -0.313. The third-order valence-electron chi connectivity index (χ3n) is 4.70. The molecular formula is C23H48N4O4. The Morgan fingerprint density at radius 1 is 1.06 bits per heavy atom. The molecule has 1 fully saturated rings. The van der Waals surface area contributed by atoms with E-state index in [-0.39, 0.29) is 36.9 Å². The van der Waals surface area contributed by atoms with Crippen LogP contribution in [0.3, 0.4) is 0 Å². The number of nitrogens with zero attached hydrogens (tertiary/aromatic N) is 3. The Balaban J connectivity index is 0. The predicted octanol–water partition coefficient (Wildman–Crippen LogP) is 2.08. The van der Waals surface area contributed by atoms with Gasteiger partial charge < -0.3 is 19.9 Å². The lowest BCUT2D eigenvalue weighted by molar-refractivity contribution is -0.141. The van der Waals surface area contributed by atoms with Gasteiger partial charge in [-0.25, -0.2) is 0 Å². The molecule has 0 bridgehead atoms. The molecule has 0 spiro atoms. The highest BCUT2D eigenvalue weighted by molar-refractivity contribution is 5.80. The summed E-state index contributed by atoms with van der Waals surface area (Å²) in [6.45, 7) is 13.9. The summed E-state index contributed by atoms with van der Waals surface area (Å²) < 4.78 is 4.61. The third kappa shape index (κ3) is 18.8. The second kappa shape index (κ2) is 19.0. The maximum Gasteiger partial charge on any atom is 0.319 e. The Morgan fingerprint density at radius 3 is 1.94 bits per heavy atom. The number of hydrogen-bond acceptors (Lipinski definition) is 6. The summed E-state index contributed by atoms with van der Waals surface area (Å²) in [5, 5.41) is 2.36. The smallest absolute Gasteiger partial charge is 0.319 e. The van der Waals surface area contributed by atoms with E-state index in [0.717, 1.165) is 5.92 Å². The molecule has 0 aromatic rings. The van der Waals surface area contributed by atoms with Crippen molar-refractivity contribution >= 4 is 18.3 Å². The van der Waals surface area contributed by atoms with Crippen LogP contribution < -0.4 is 5.32 Å². The number of likely N-dealkylation sites (tertiary alicyclic amines) is 1. The zero-order chi connectivity index (χ0) is 24.4. The second-order valence-corrected chi connectivity index (χ2v) is 9.18. The minimum absolute atomic E-state index is 0.0239. The molecule has 31 heavy (non-hydrogen) atoms. The topological polar surface area (TPSA) is 82.2 Å². The van der Waals surface area contributed by atoms with E-state index in [9.17, 15) is 14.4 Å². The second-order valence-electron chi connectivity index (χ2n) is 9.18. The van der Waals surface area contributed by atoms with Gasteiger partial charge in [-0.2, -0.15) is 0 Å². The van der Waals surface area contributed by atoms with Crippen molar-refractivity contribution in [3.63, 3.8) is 0 Å². The number of hydrogen-bond donors (Lipinski definition) is 1. The monoisotopic (exact) mass is 444 g/mol. The molecule has 0 aromatic carbocycles. The Labute approximate surface area is 190 Å². The molecule has 0 saturated carbocycles. The molecule has 1 aliphatic rings. The summed E-state index contributed by atoms with van der Waals surface area (Å²) >= 11 is 0. The average molecular weight is 445 g/mol. The van der Waals surface area contributed by atoms with Gasteiger partial charge in [0, 0.05) is 19.6 Å². The van der Waals surface area contributed by atoms with E-state index in [1.165, 1.54) is 39.5 Å². The standard InChI is InChI=1S/C13H25N3O4.C6H13N.C4H10/c1-10(2)11(7-15(3)8-13(19)20-5)16(4)12(18)6-14-9-17;1-7-5-3-2-4-6-7;1-4(2)3/h9-11H,6-8H2,1-5H3,(H,14,17);2-6H2,1H3;4H,1-3H3/t11-;;/m1../s1. The van der Waals surface area contributed by atoms with Gasteiger partial charge in [0.25, 0.3) is 0 Å². The molecule has 0 unspecified atom stereocenters. The number of carbonyl (C=O) groups is 3. The van der Waals surface area contributed by atoms with Gasteiger partial charge in [-0.15, -0.1) is 0 Å². The number of rotatable bonds is 9. The molecule has 1 aliphatic heterocycles. The normalized spacial score (nSPS) is 14.7. The minimum Gasteiger partial charge on any atom is -0.468 e. The van der Waals surface area contributed by atoms with E-state index < -0.39 is 0 Å². The van der Waals surface area contributed by atoms with Gasteiger partial charge >= 0.3 is 5.97 Å². The van der Waals surface area contributed by atoms with Crippen molar-refractivity contribution in [1.82, 2.24) is 20.0 Å². The van der Waals surface area contributed by atoms with Gasteiger partial charge in [0.15, 0.2) is 0 Å². The molecule has 1 atom stereocenters. The summed E-state index contributed by atoms with van der Waals surface area (Å²) in [5.74, 6) is 0.578. The predicted molar refractivity (Wildman–Crippen MR) is 127 cm³/mol. The maximum absolute atomic E-state index is 11.9. The van der Waals surface area contributed by atoms with E-state index >= 15 is 0 Å². The number of carbonyl (C=O) groups excluding carboxylic acids is 3. The van der Waals surface area contributed by atoms with Gasteiger partial charge in [-0.05, 0) is 51.9 Å². The number of ether oxygens (including phenoxy) is 1. The van der Waals surface area contributed by atoms with Gasteiger partial charge in [-0.1, -0.05) is 41.0 Å². The molecule has 1 N–H and O–H groups in total. The van der Waals surface area contributed by atoms with E-state index in [4.69, 9.17) is 0 Å². The lowest BCUT2D eigenvalue weighted by atomic mass is 10.0. The first-order valence-corrected chi connectivity index (χ1v) is 11.3. The lowest BCUT2D eigenvalue weighted by Gasteiger charge is -2.34. The molecular weight excluding hydrogens is 396 g/mol. The van der Waals surface area contributed by atoms with Gasteiger partial charge in [0.1, 0.15) is 0 Å². The Morgan fingerprint density at radius 2 is 1.58 bits per heavy atom. The first-order valence-electron chi connectivity index (χ1n) is 11.3. The SMILES string of the molecule is CC(C)C.CN1CCCCC1.COC(=O)CN(C)C[C@H](C(C)C)N(C)C(=O)CNC=O. The molecule has 1 heterocycles. The highest BCUT2D eigenvalue weighted by Gasteiger charge is 2.24. The number of amides is 2. The molecule has 184 valence electrons. The third-order valence-corrected chi connectivity index (χ3v) is 4.70. The molecule has 8 heteroatoms. The first kappa shape index (κ1) is 31.5. The van der Waals surface area contributed by atoms with Crippen LogP contribution in [0.5, 0.6) is 0 Å². The van der Waals surface area contributed by atoms with Crippen molar-refractivity contribution in [2.24, 2.45) is 11.8 Å². The highest BCUT2D eigenvalue weighted by Crippen LogP contribution is 2.11.